The number of rotatable bonds is 4. The monoisotopic (exact) mass is 492 g/mol. The minimum atomic E-state index is -0.270. The van der Waals surface area contributed by atoms with Crippen molar-refractivity contribution in [2.24, 2.45) is 0 Å². The number of hydrogen-bond donors (Lipinski definition) is 1. The van der Waals surface area contributed by atoms with Crippen molar-refractivity contribution in [2.75, 3.05) is 14.2 Å². The van der Waals surface area contributed by atoms with Crippen molar-refractivity contribution in [3.8, 4) is 34.3 Å². The second kappa shape index (κ2) is 8.80. The van der Waals surface area contributed by atoms with Gasteiger partial charge in [-0.05, 0) is 53.3 Å². The average Bonchev–Trinajstić information content (AvgIpc) is 3.15. The Bertz CT molecular complexity index is 1370. The molecule has 6 heteroatoms. The predicted molar refractivity (Wildman–Crippen MR) is 144 cm³/mol. The molecule has 4 rings (SSSR count). The molecule has 0 fully saturated rings. The summed E-state index contributed by atoms with van der Waals surface area (Å²) in [6.07, 6.45) is 0. The fourth-order valence-corrected chi connectivity index (χ4v) is 4.62. The van der Waals surface area contributed by atoms with Gasteiger partial charge in [0.25, 0.3) is 0 Å². The third-order valence-corrected chi connectivity index (χ3v) is 6.46. The first-order chi connectivity index (χ1) is 16.4. The number of methoxy groups -OCH3 is 2. The van der Waals surface area contributed by atoms with E-state index in [9.17, 15) is 5.11 Å². The molecule has 35 heavy (non-hydrogen) atoms. The molecule has 0 radical (unpaired) electrons. The molecule has 4 aromatic rings. The van der Waals surface area contributed by atoms with Crippen molar-refractivity contribution in [1.82, 2.24) is 9.55 Å². The van der Waals surface area contributed by atoms with E-state index in [0.717, 1.165) is 33.4 Å². The predicted octanol–water partition coefficient (Wildman–Crippen LogP) is 7.66. The van der Waals surface area contributed by atoms with Crippen LogP contribution in [0.1, 0.15) is 52.7 Å². The van der Waals surface area contributed by atoms with E-state index in [2.05, 4.69) is 58.2 Å². The van der Waals surface area contributed by atoms with E-state index in [1.807, 2.05) is 36.4 Å². The van der Waals surface area contributed by atoms with E-state index in [0.29, 0.717) is 28.1 Å². The first-order valence-corrected chi connectivity index (χ1v) is 12.0. The fourth-order valence-electron chi connectivity index (χ4n) is 4.45. The highest BCUT2D eigenvalue weighted by atomic mass is 35.5. The van der Waals surface area contributed by atoms with E-state index < -0.39 is 0 Å². The lowest BCUT2D eigenvalue weighted by Gasteiger charge is -2.28. The number of hydrogen-bond acceptors (Lipinski definition) is 4. The van der Waals surface area contributed by atoms with Crippen LogP contribution in [0.5, 0.6) is 17.2 Å². The average molecular weight is 493 g/mol. The summed E-state index contributed by atoms with van der Waals surface area (Å²) in [5, 5.41) is 11.9. The van der Waals surface area contributed by atoms with Gasteiger partial charge in [0.05, 0.1) is 30.8 Å². The maximum atomic E-state index is 11.3. The Labute approximate surface area is 212 Å². The molecule has 0 atom stereocenters. The Kier molecular flexibility index (Phi) is 6.26. The summed E-state index contributed by atoms with van der Waals surface area (Å²) in [5.41, 5.74) is 4.57. The first-order valence-electron chi connectivity index (χ1n) is 11.6. The zero-order chi connectivity index (χ0) is 25.7. The summed E-state index contributed by atoms with van der Waals surface area (Å²) in [5.74, 6) is 2.26. The van der Waals surface area contributed by atoms with Gasteiger partial charge in [0.15, 0.2) is 11.5 Å². The van der Waals surface area contributed by atoms with Crippen LogP contribution in [0.3, 0.4) is 0 Å². The van der Waals surface area contributed by atoms with Crippen LogP contribution in [0.2, 0.25) is 5.02 Å². The summed E-state index contributed by atoms with van der Waals surface area (Å²) >= 11 is 6.34. The molecular formula is C29H33ClN2O3. The molecule has 0 bridgehead atoms. The van der Waals surface area contributed by atoms with Crippen LogP contribution in [-0.2, 0) is 10.8 Å². The van der Waals surface area contributed by atoms with Crippen molar-refractivity contribution in [3.63, 3.8) is 0 Å². The third kappa shape index (κ3) is 4.45. The minimum absolute atomic E-state index is 0.270. The third-order valence-electron chi connectivity index (χ3n) is 6.23. The lowest BCUT2D eigenvalue weighted by atomic mass is 9.79. The van der Waals surface area contributed by atoms with Crippen molar-refractivity contribution in [1.29, 1.82) is 0 Å². The number of phenols is 1. The largest absolute Gasteiger partial charge is 0.507 e. The molecule has 5 nitrogen and oxygen atoms in total. The van der Waals surface area contributed by atoms with Crippen LogP contribution in [0.4, 0.5) is 0 Å². The fraction of sp³-hybridized carbons (Fsp3) is 0.345. The molecule has 184 valence electrons. The molecule has 0 spiro atoms. The van der Waals surface area contributed by atoms with E-state index in [4.69, 9.17) is 26.1 Å². The lowest BCUT2D eigenvalue weighted by Crippen LogP contribution is -2.18. The van der Waals surface area contributed by atoms with Gasteiger partial charge in [0, 0.05) is 21.8 Å². The molecule has 0 amide bonds. The summed E-state index contributed by atoms with van der Waals surface area (Å²) in [6.45, 7) is 12.6. The molecule has 0 aliphatic rings. The van der Waals surface area contributed by atoms with Gasteiger partial charge in [-0.15, -0.1) is 0 Å². The molecule has 3 aromatic carbocycles. The number of halogens is 1. The summed E-state index contributed by atoms with van der Waals surface area (Å²) in [7, 11) is 3.25. The van der Waals surface area contributed by atoms with Crippen LogP contribution >= 0.6 is 11.6 Å². The van der Waals surface area contributed by atoms with E-state index >= 15 is 0 Å². The second-order valence-electron chi connectivity index (χ2n) is 10.8. The van der Waals surface area contributed by atoms with Crippen molar-refractivity contribution in [3.05, 3.63) is 64.7 Å². The number of nitrogens with zero attached hydrogens (tertiary/aromatic N) is 2. The first kappa shape index (κ1) is 24.9. The van der Waals surface area contributed by atoms with Gasteiger partial charge in [-0.25, -0.2) is 4.98 Å². The molecule has 0 saturated heterocycles. The van der Waals surface area contributed by atoms with Crippen LogP contribution in [0, 0.1) is 0 Å². The maximum absolute atomic E-state index is 11.3. The topological polar surface area (TPSA) is 56.5 Å². The van der Waals surface area contributed by atoms with Crippen LogP contribution in [0.25, 0.3) is 28.1 Å². The van der Waals surface area contributed by atoms with Crippen molar-refractivity contribution in [2.45, 2.75) is 52.4 Å². The molecule has 0 saturated carbocycles. The van der Waals surface area contributed by atoms with Gasteiger partial charge in [0.1, 0.15) is 11.6 Å². The molecule has 1 heterocycles. The SMILES string of the molecule is COc1cccc(-c2nc3cc(Cl)ccc3n2-c2cc(C(C)(C)C)c(O)c(C(C)(C)C)c2)c1OC. The van der Waals surface area contributed by atoms with Gasteiger partial charge in [-0.3, -0.25) is 4.57 Å². The molecule has 0 aliphatic carbocycles. The number of aromatic hydroxyl groups is 1. The van der Waals surface area contributed by atoms with Crippen LogP contribution < -0.4 is 9.47 Å². The van der Waals surface area contributed by atoms with Gasteiger partial charge in [0.2, 0.25) is 0 Å². The molecule has 0 aliphatic heterocycles. The van der Waals surface area contributed by atoms with Gasteiger partial charge >= 0.3 is 0 Å². The molecule has 1 aromatic heterocycles. The molecule has 0 unspecified atom stereocenters. The van der Waals surface area contributed by atoms with Crippen LogP contribution in [0.15, 0.2) is 48.5 Å². The zero-order valence-corrected chi connectivity index (χ0v) is 22.4. The summed E-state index contributed by atoms with van der Waals surface area (Å²) in [6, 6.07) is 15.6. The second-order valence-corrected chi connectivity index (χ2v) is 11.3. The van der Waals surface area contributed by atoms with E-state index in [1.54, 1.807) is 14.2 Å². The number of fused-ring (bicyclic) bond motifs is 1. The van der Waals surface area contributed by atoms with Gasteiger partial charge < -0.3 is 14.6 Å². The Morgan fingerprint density at radius 3 is 2.03 bits per heavy atom. The van der Waals surface area contributed by atoms with Crippen LogP contribution in [-0.4, -0.2) is 28.9 Å². The highest BCUT2D eigenvalue weighted by molar-refractivity contribution is 6.31. The van der Waals surface area contributed by atoms with Crippen molar-refractivity contribution < 1.29 is 14.6 Å². The highest BCUT2D eigenvalue weighted by Crippen LogP contribution is 2.44. The maximum Gasteiger partial charge on any atom is 0.171 e. The lowest BCUT2D eigenvalue weighted by molar-refractivity contribution is 0.356. The standard InChI is InChI=1S/C29H33ClN2O3/c1-28(2,3)20-15-18(16-21(25(20)33)29(4,5)6)32-23-13-12-17(30)14-22(23)31-27(32)19-10-9-11-24(34-7)26(19)35-8/h9-16,33H,1-8H3. The van der Waals surface area contributed by atoms with Crippen molar-refractivity contribution >= 4 is 22.6 Å². The highest BCUT2D eigenvalue weighted by Gasteiger charge is 2.28. The number of para-hydroxylation sites is 1. The van der Waals surface area contributed by atoms with Gasteiger partial charge in [-0.1, -0.05) is 59.2 Å². The number of ether oxygens (including phenoxy) is 2. The van der Waals surface area contributed by atoms with E-state index in [1.165, 1.54) is 0 Å². The Hall–Kier alpha value is -3.18. The number of imidazole rings is 1. The Balaban J connectivity index is 2.16. The quantitative estimate of drug-likeness (QED) is 0.317. The number of aromatic nitrogens is 2. The Morgan fingerprint density at radius 1 is 0.857 bits per heavy atom. The van der Waals surface area contributed by atoms with Gasteiger partial charge in [-0.2, -0.15) is 0 Å². The number of phenolic OH excluding ortho intramolecular Hbond substituents is 1. The molecular weight excluding hydrogens is 460 g/mol. The zero-order valence-electron chi connectivity index (χ0n) is 21.7. The minimum Gasteiger partial charge on any atom is -0.507 e. The summed E-state index contributed by atoms with van der Waals surface area (Å²) < 4.78 is 13.4. The van der Waals surface area contributed by atoms with E-state index in [-0.39, 0.29) is 10.8 Å². The normalized spacial score (nSPS) is 12.3. The smallest absolute Gasteiger partial charge is 0.171 e. The molecule has 1 N–H and O–H groups in total. The Morgan fingerprint density at radius 2 is 1.49 bits per heavy atom. The number of benzene rings is 3. The summed E-state index contributed by atoms with van der Waals surface area (Å²) in [4.78, 5) is 4.99.